The molecule has 0 atom stereocenters. The van der Waals surface area contributed by atoms with Gasteiger partial charge in [0.15, 0.2) is 0 Å². The molecule has 0 spiro atoms. The number of aromatic amines is 1. The van der Waals surface area contributed by atoms with E-state index in [1.54, 1.807) is 6.92 Å². The fraction of sp³-hybridized carbons (Fsp3) is 0.545. The van der Waals surface area contributed by atoms with Gasteiger partial charge in [0.25, 0.3) is 0 Å². The summed E-state index contributed by atoms with van der Waals surface area (Å²) in [5.41, 5.74) is 1.50. The van der Waals surface area contributed by atoms with Gasteiger partial charge in [-0.1, -0.05) is 18.2 Å². The fourth-order valence-electron chi connectivity index (χ4n) is 6.26. The van der Waals surface area contributed by atoms with Gasteiger partial charge in [0.05, 0.1) is 17.7 Å². The number of rotatable bonds is 4. The number of anilines is 1. The van der Waals surface area contributed by atoms with Crippen LogP contribution in [0.4, 0.5) is 5.69 Å². The van der Waals surface area contributed by atoms with Crippen LogP contribution < -0.4 is 5.32 Å². The van der Waals surface area contributed by atoms with E-state index in [2.05, 4.69) is 10.3 Å². The molecule has 5 nitrogen and oxygen atoms in total. The number of hydrogen-bond acceptors (Lipinski definition) is 3. The molecule has 4 saturated carbocycles. The molecule has 4 aliphatic rings. The maximum Gasteiger partial charge on any atom is 0.356 e. The van der Waals surface area contributed by atoms with E-state index < -0.39 is 5.97 Å². The van der Waals surface area contributed by atoms with Gasteiger partial charge in [-0.3, -0.25) is 4.79 Å². The third-order valence-electron chi connectivity index (χ3n) is 6.94. The number of para-hydroxylation sites is 1. The van der Waals surface area contributed by atoms with Crippen LogP contribution in [-0.4, -0.2) is 23.5 Å². The quantitative estimate of drug-likeness (QED) is 0.783. The van der Waals surface area contributed by atoms with Gasteiger partial charge in [-0.15, -0.1) is 0 Å². The van der Waals surface area contributed by atoms with E-state index in [-0.39, 0.29) is 11.3 Å². The van der Waals surface area contributed by atoms with E-state index in [9.17, 15) is 9.59 Å². The van der Waals surface area contributed by atoms with Crippen molar-refractivity contribution in [1.29, 1.82) is 0 Å². The SMILES string of the molecule is CCOC(=O)c1[nH]c2ccccc2c1NC(=O)C12CC3CC(CC(C3)C1)C2. The number of ether oxygens (including phenoxy) is 1. The van der Waals surface area contributed by atoms with E-state index >= 15 is 0 Å². The van der Waals surface area contributed by atoms with Crippen LogP contribution >= 0.6 is 0 Å². The van der Waals surface area contributed by atoms with Crippen molar-refractivity contribution >= 4 is 28.5 Å². The summed E-state index contributed by atoms with van der Waals surface area (Å²) in [4.78, 5) is 29.1. The first kappa shape index (κ1) is 16.8. The van der Waals surface area contributed by atoms with Crippen molar-refractivity contribution in [3.63, 3.8) is 0 Å². The van der Waals surface area contributed by atoms with Crippen molar-refractivity contribution in [3.05, 3.63) is 30.0 Å². The van der Waals surface area contributed by atoms with Crippen molar-refractivity contribution in [2.24, 2.45) is 23.2 Å². The number of esters is 1. The summed E-state index contributed by atoms with van der Waals surface area (Å²) in [6.45, 7) is 2.09. The van der Waals surface area contributed by atoms with Gasteiger partial charge in [-0.2, -0.15) is 0 Å². The molecule has 2 N–H and O–H groups in total. The normalized spacial score (nSPS) is 31.2. The lowest BCUT2D eigenvalue weighted by Gasteiger charge is -2.55. The first-order valence-electron chi connectivity index (χ1n) is 10.2. The molecule has 1 heterocycles. The molecule has 4 fully saturated rings. The molecule has 27 heavy (non-hydrogen) atoms. The third-order valence-corrected chi connectivity index (χ3v) is 6.94. The lowest BCUT2D eigenvalue weighted by atomic mass is 9.49. The number of aromatic nitrogens is 1. The monoisotopic (exact) mass is 366 g/mol. The third kappa shape index (κ3) is 2.67. The Morgan fingerprint density at radius 2 is 1.74 bits per heavy atom. The number of fused-ring (bicyclic) bond motifs is 1. The van der Waals surface area contributed by atoms with Crippen molar-refractivity contribution in [2.45, 2.75) is 45.4 Å². The summed E-state index contributed by atoms with van der Waals surface area (Å²) in [5.74, 6) is 1.78. The number of benzene rings is 1. The molecule has 1 amide bonds. The second kappa shape index (κ2) is 6.11. The van der Waals surface area contributed by atoms with E-state index in [0.29, 0.717) is 35.7 Å². The maximum absolute atomic E-state index is 13.5. The van der Waals surface area contributed by atoms with Crippen molar-refractivity contribution in [2.75, 3.05) is 11.9 Å². The Labute approximate surface area is 158 Å². The minimum atomic E-state index is -0.422. The average molecular weight is 366 g/mol. The molecule has 5 heteroatoms. The molecule has 4 aliphatic carbocycles. The Kier molecular flexibility index (Phi) is 3.81. The lowest BCUT2D eigenvalue weighted by molar-refractivity contribution is -0.140. The highest BCUT2D eigenvalue weighted by molar-refractivity contribution is 6.11. The van der Waals surface area contributed by atoms with Gasteiger partial charge in [-0.25, -0.2) is 4.79 Å². The number of nitrogens with one attached hydrogen (secondary N) is 2. The predicted octanol–water partition coefficient (Wildman–Crippen LogP) is 4.50. The molecular formula is C22H26N2O3. The number of amides is 1. The summed E-state index contributed by atoms with van der Waals surface area (Å²) >= 11 is 0. The van der Waals surface area contributed by atoms with E-state index in [1.165, 1.54) is 19.3 Å². The van der Waals surface area contributed by atoms with Crippen molar-refractivity contribution in [3.8, 4) is 0 Å². The molecule has 2 aromatic rings. The smallest absolute Gasteiger partial charge is 0.356 e. The first-order valence-corrected chi connectivity index (χ1v) is 10.2. The molecule has 0 unspecified atom stereocenters. The molecule has 1 aromatic heterocycles. The summed E-state index contributed by atoms with van der Waals surface area (Å²) in [5, 5.41) is 4.02. The summed E-state index contributed by atoms with van der Waals surface area (Å²) in [7, 11) is 0. The minimum absolute atomic E-state index is 0.0944. The van der Waals surface area contributed by atoms with Gasteiger partial charge in [0, 0.05) is 10.9 Å². The molecule has 142 valence electrons. The Hall–Kier alpha value is -2.30. The van der Waals surface area contributed by atoms with Gasteiger partial charge in [0.2, 0.25) is 5.91 Å². The van der Waals surface area contributed by atoms with Crippen molar-refractivity contribution in [1.82, 2.24) is 4.98 Å². The van der Waals surface area contributed by atoms with Gasteiger partial charge < -0.3 is 15.0 Å². The van der Waals surface area contributed by atoms with Crippen molar-refractivity contribution < 1.29 is 14.3 Å². The van der Waals surface area contributed by atoms with Crippen LogP contribution in [0, 0.1) is 23.2 Å². The lowest BCUT2D eigenvalue weighted by Crippen LogP contribution is -2.51. The summed E-state index contributed by atoms with van der Waals surface area (Å²) < 4.78 is 5.21. The molecule has 0 aliphatic heterocycles. The van der Waals surface area contributed by atoms with Crippen LogP contribution in [-0.2, 0) is 9.53 Å². The van der Waals surface area contributed by atoms with Crippen LogP contribution in [0.15, 0.2) is 24.3 Å². The second-order valence-corrected chi connectivity index (χ2v) is 8.79. The highest BCUT2D eigenvalue weighted by Crippen LogP contribution is 2.60. The zero-order valence-corrected chi connectivity index (χ0v) is 15.7. The van der Waals surface area contributed by atoms with Crippen LogP contribution in [0.1, 0.15) is 55.9 Å². The predicted molar refractivity (Wildman–Crippen MR) is 103 cm³/mol. The molecule has 6 rings (SSSR count). The van der Waals surface area contributed by atoms with Crippen LogP contribution in [0.2, 0.25) is 0 Å². The molecule has 1 aromatic carbocycles. The standard InChI is InChI=1S/C22H26N2O3/c1-2-27-20(25)19-18(16-5-3-4-6-17(16)23-19)24-21(26)22-10-13-7-14(11-22)9-15(8-13)12-22/h3-6,13-15,23H,2,7-12H2,1H3,(H,24,26). The van der Waals surface area contributed by atoms with E-state index in [0.717, 1.165) is 30.2 Å². The number of hydrogen-bond donors (Lipinski definition) is 2. The Bertz CT molecular complexity index is 878. The molecule has 0 radical (unpaired) electrons. The van der Waals surface area contributed by atoms with Crippen LogP contribution in [0.3, 0.4) is 0 Å². The zero-order chi connectivity index (χ0) is 18.6. The molecule has 4 bridgehead atoms. The number of carbonyl (C=O) groups is 2. The minimum Gasteiger partial charge on any atom is -0.461 e. The van der Waals surface area contributed by atoms with E-state index in [1.807, 2.05) is 24.3 Å². The van der Waals surface area contributed by atoms with E-state index in [4.69, 9.17) is 4.74 Å². The number of carbonyl (C=O) groups excluding carboxylic acids is 2. The molecular weight excluding hydrogens is 340 g/mol. The molecule has 0 saturated heterocycles. The van der Waals surface area contributed by atoms with Gasteiger partial charge >= 0.3 is 5.97 Å². The zero-order valence-electron chi connectivity index (χ0n) is 15.7. The van der Waals surface area contributed by atoms with Crippen LogP contribution in [0.5, 0.6) is 0 Å². The Morgan fingerprint density at radius 3 is 2.37 bits per heavy atom. The van der Waals surface area contributed by atoms with Gasteiger partial charge in [-0.05, 0) is 69.3 Å². The highest BCUT2D eigenvalue weighted by Gasteiger charge is 2.54. The average Bonchev–Trinajstić information content (AvgIpc) is 3.00. The number of H-pyrrole nitrogens is 1. The Balaban J connectivity index is 1.50. The Morgan fingerprint density at radius 1 is 1.11 bits per heavy atom. The first-order chi connectivity index (χ1) is 13.1. The second-order valence-electron chi connectivity index (χ2n) is 8.79. The fourth-order valence-corrected chi connectivity index (χ4v) is 6.26. The highest BCUT2D eigenvalue weighted by atomic mass is 16.5. The summed E-state index contributed by atoms with van der Waals surface area (Å²) in [6, 6.07) is 7.69. The van der Waals surface area contributed by atoms with Crippen LogP contribution in [0.25, 0.3) is 10.9 Å². The largest absolute Gasteiger partial charge is 0.461 e. The van der Waals surface area contributed by atoms with Gasteiger partial charge in [0.1, 0.15) is 5.69 Å². The maximum atomic E-state index is 13.5. The summed E-state index contributed by atoms with van der Waals surface area (Å²) in [6.07, 6.45) is 6.90. The topological polar surface area (TPSA) is 71.2 Å².